The highest BCUT2D eigenvalue weighted by atomic mass is 16.5. The van der Waals surface area contributed by atoms with Crippen molar-refractivity contribution >= 4 is 5.97 Å². The van der Waals surface area contributed by atoms with Gasteiger partial charge in [0.25, 0.3) is 0 Å². The molecule has 2 rings (SSSR count). The predicted molar refractivity (Wildman–Crippen MR) is 41.0 cm³/mol. The van der Waals surface area contributed by atoms with Gasteiger partial charge in [-0.15, -0.1) is 0 Å². The van der Waals surface area contributed by atoms with Crippen LogP contribution in [0.2, 0.25) is 0 Å². The molecule has 2 fully saturated rings. The molecular formula is C9H14O2. The van der Waals surface area contributed by atoms with Crippen LogP contribution in [-0.2, 0) is 9.53 Å². The molecule has 0 bridgehead atoms. The molecule has 0 saturated heterocycles. The van der Waals surface area contributed by atoms with Crippen molar-refractivity contribution < 1.29 is 9.53 Å². The summed E-state index contributed by atoms with van der Waals surface area (Å²) in [5, 5.41) is 0. The molecule has 11 heavy (non-hydrogen) atoms. The normalized spacial score (nSPS) is 35.0. The third kappa shape index (κ3) is 1.26. The van der Waals surface area contributed by atoms with E-state index >= 15 is 0 Å². The van der Waals surface area contributed by atoms with Crippen molar-refractivity contribution in [1.29, 1.82) is 0 Å². The molecule has 2 atom stereocenters. The minimum atomic E-state index is 0.0414. The maximum absolute atomic E-state index is 11.2. The second-order valence-corrected chi connectivity index (χ2v) is 3.68. The molecule has 2 saturated carbocycles. The number of rotatable bonds is 2. The Kier molecular flexibility index (Phi) is 1.63. The number of ether oxygens (including phenoxy) is 1. The van der Waals surface area contributed by atoms with Gasteiger partial charge in [-0.25, -0.2) is 0 Å². The summed E-state index contributed by atoms with van der Waals surface area (Å²) in [5.41, 5.74) is 0. The number of hydrogen-bond donors (Lipinski definition) is 0. The fraction of sp³-hybridized carbons (Fsp3) is 0.889. The number of carbonyl (C=O) groups is 1. The van der Waals surface area contributed by atoms with Crippen molar-refractivity contribution in [1.82, 2.24) is 0 Å². The van der Waals surface area contributed by atoms with Gasteiger partial charge in [-0.2, -0.15) is 0 Å². The second-order valence-electron chi connectivity index (χ2n) is 3.68. The fourth-order valence-electron chi connectivity index (χ4n) is 2.17. The third-order valence-electron chi connectivity index (χ3n) is 2.86. The minimum Gasteiger partial charge on any atom is -0.466 e. The first-order valence-corrected chi connectivity index (χ1v) is 4.48. The Morgan fingerprint density at radius 1 is 1.36 bits per heavy atom. The minimum absolute atomic E-state index is 0.0414. The molecule has 0 unspecified atom stereocenters. The highest BCUT2D eigenvalue weighted by Crippen LogP contribution is 2.54. The summed E-state index contributed by atoms with van der Waals surface area (Å²) in [5.74, 6) is 2.05. The van der Waals surface area contributed by atoms with Crippen LogP contribution in [0.15, 0.2) is 0 Å². The number of esters is 1. The van der Waals surface area contributed by atoms with Crippen molar-refractivity contribution in [2.45, 2.75) is 26.2 Å². The van der Waals surface area contributed by atoms with Gasteiger partial charge >= 0.3 is 5.97 Å². The van der Waals surface area contributed by atoms with Gasteiger partial charge in [0.2, 0.25) is 0 Å². The number of fused-ring (bicyclic) bond motifs is 1. The zero-order valence-corrected chi connectivity index (χ0v) is 6.88. The summed E-state index contributed by atoms with van der Waals surface area (Å²) in [6, 6.07) is 0. The number of hydrogen-bond acceptors (Lipinski definition) is 2. The molecule has 0 aliphatic heterocycles. The summed E-state index contributed by atoms with van der Waals surface area (Å²) in [4.78, 5) is 11.2. The van der Waals surface area contributed by atoms with Crippen molar-refractivity contribution in [2.24, 2.45) is 17.8 Å². The van der Waals surface area contributed by atoms with Crippen molar-refractivity contribution in [3.05, 3.63) is 0 Å². The van der Waals surface area contributed by atoms with E-state index in [1.165, 1.54) is 6.42 Å². The molecule has 0 radical (unpaired) electrons. The average Bonchev–Trinajstić information content (AvgIpc) is 2.59. The smallest absolute Gasteiger partial charge is 0.308 e. The summed E-state index contributed by atoms with van der Waals surface area (Å²) in [6.07, 6.45) is 3.57. The first-order valence-electron chi connectivity index (χ1n) is 4.48. The summed E-state index contributed by atoms with van der Waals surface area (Å²) < 4.78 is 4.96. The molecule has 0 amide bonds. The maximum Gasteiger partial charge on any atom is 0.308 e. The van der Waals surface area contributed by atoms with Crippen LogP contribution in [0.4, 0.5) is 0 Å². The molecule has 0 aromatic carbocycles. The maximum atomic E-state index is 11.2. The van der Waals surface area contributed by atoms with Crippen molar-refractivity contribution in [3.63, 3.8) is 0 Å². The first kappa shape index (κ1) is 7.14. The Balaban J connectivity index is 1.82. The van der Waals surface area contributed by atoms with Crippen LogP contribution in [0.3, 0.4) is 0 Å². The van der Waals surface area contributed by atoms with E-state index in [1.807, 2.05) is 6.92 Å². The van der Waals surface area contributed by atoms with Crippen molar-refractivity contribution in [2.75, 3.05) is 6.61 Å². The van der Waals surface area contributed by atoms with Crippen LogP contribution in [-0.4, -0.2) is 12.6 Å². The van der Waals surface area contributed by atoms with Crippen LogP contribution in [0.5, 0.6) is 0 Å². The van der Waals surface area contributed by atoms with Gasteiger partial charge in [-0.1, -0.05) is 0 Å². The third-order valence-corrected chi connectivity index (χ3v) is 2.86. The summed E-state index contributed by atoms with van der Waals surface area (Å²) >= 11 is 0. The van der Waals surface area contributed by atoms with Gasteiger partial charge in [-0.3, -0.25) is 4.79 Å². The Morgan fingerprint density at radius 3 is 2.55 bits per heavy atom. The van der Waals surface area contributed by atoms with Crippen LogP contribution in [0.25, 0.3) is 0 Å². The largest absolute Gasteiger partial charge is 0.466 e. The van der Waals surface area contributed by atoms with E-state index in [9.17, 15) is 4.79 Å². The molecular weight excluding hydrogens is 140 g/mol. The van der Waals surface area contributed by atoms with Gasteiger partial charge in [0.15, 0.2) is 0 Å². The van der Waals surface area contributed by atoms with Gasteiger partial charge < -0.3 is 4.74 Å². The molecule has 0 N–H and O–H groups in total. The van der Waals surface area contributed by atoms with Crippen LogP contribution in [0, 0.1) is 17.8 Å². The van der Waals surface area contributed by atoms with E-state index in [1.54, 1.807) is 0 Å². The van der Waals surface area contributed by atoms with E-state index in [-0.39, 0.29) is 11.9 Å². The van der Waals surface area contributed by atoms with Crippen LogP contribution < -0.4 is 0 Å². The Labute approximate surface area is 66.9 Å². The van der Waals surface area contributed by atoms with E-state index in [4.69, 9.17) is 4.74 Å². The zero-order valence-electron chi connectivity index (χ0n) is 6.88. The average molecular weight is 154 g/mol. The standard InChI is InChI=1S/C9H14O2/c1-2-11-9(10)8-4-6-3-7(6)5-8/h6-8H,2-5H2,1H3/t6-,7-/m0/s1. The molecule has 0 heterocycles. The van der Waals surface area contributed by atoms with E-state index in [0.29, 0.717) is 6.61 Å². The van der Waals surface area contributed by atoms with Gasteiger partial charge in [-0.05, 0) is 38.0 Å². The Bertz CT molecular complexity index is 166. The fourth-order valence-corrected chi connectivity index (χ4v) is 2.17. The van der Waals surface area contributed by atoms with Crippen molar-refractivity contribution in [3.8, 4) is 0 Å². The van der Waals surface area contributed by atoms with E-state index in [0.717, 1.165) is 24.7 Å². The molecule has 2 aliphatic carbocycles. The summed E-state index contributed by atoms with van der Waals surface area (Å²) in [6.45, 7) is 2.40. The molecule has 2 aliphatic rings. The van der Waals surface area contributed by atoms with E-state index in [2.05, 4.69) is 0 Å². The topological polar surface area (TPSA) is 26.3 Å². The quantitative estimate of drug-likeness (QED) is 0.565. The second kappa shape index (κ2) is 2.50. The molecule has 2 heteroatoms. The molecule has 2 nitrogen and oxygen atoms in total. The van der Waals surface area contributed by atoms with Gasteiger partial charge in [0.05, 0.1) is 12.5 Å². The lowest BCUT2D eigenvalue weighted by Crippen LogP contribution is -2.15. The molecule has 0 spiro atoms. The van der Waals surface area contributed by atoms with Gasteiger partial charge in [0.1, 0.15) is 0 Å². The summed E-state index contributed by atoms with van der Waals surface area (Å²) in [7, 11) is 0. The molecule has 62 valence electrons. The highest BCUT2D eigenvalue weighted by molar-refractivity contribution is 5.73. The predicted octanol–water partition coefficient (Wildman–Crippen LogP) is 1.60. The van der Waals surface area contributed by atoms with E-state index < -0.39 is 0 Å². The van der Waals surface area contributed by atoms with Crippen LogP contribution >= 0.6 is 0 Å². The first-order chi connectivity index (χ1) is 5.31. The molecule has 0 aromatic heterocycles. The zero-order chi connectivity index (χ0) is 7.84. The highest BCUT2D eigenvalue weighted by Gasteiger charge is 2.48. The van der Waals surface area contributed by atoms with Gasteiger partial charge in [0, 0.05) is 0 Å². The Morgan fingerprint density at radius 2 is 2.00 bits per heavy atom. The number of carbonyl (C=O) groups excluding carboxylic acids is 1. The van der Waals surface area contributed by atoms with Crippen LogP contribution in [0.1, 0.15) is 26.2 Å². The lowest BCUT2D eigenvalue weighted by atomic mass is 10.0. The monoisotopic (exact) mass is 154 g/mol. The lowest BCUT2D eigenvalue weighted by Gasteiger charge is -2.09. The molecule has 0 aromatic rings. The lowest BCUT2D eigenvalue weighted by molar-refractivity contribution is -0.148. The SMILES string of the molecule is CCOC(=O)C1C[C@@H]2C[C@H]2C1. The Hall–Kier alpha value is -0.530.